The zero-order chi connectivity index (χ0) is 49.6. The van der Waals surface area contributed by atoms with E-state index in [-0.39, 0.29) is 51.5 Å². The Balaban J connectivity index is 0.864. The first-order valence-corrected chi connectivity index (χ1v) is 25.8. The molecule has 0 radical (unpaired) electrons. The third-order valence-electron chi connectivity index (χ3n) is 17.2. The first-order chi connectivity index (χ1) is 34.1. The number of imidazole rings is 1. The van der Waals surface area contributed by atoms with Crippen molar-refractivity contribution in [1.82, 2.24) is 40.4 Å². The fourth-order valence-electron chi connectivity index (χ4n) is 12.8. The van der Waals surface area contributed by atoms with Crippen LogP contribution in [0.15, 0.2) is 65.6 Å². The van der Waals surface area contributed by atoms with Gasteiger partial charge in [0.05, 0.1) is 49.1 Å². The Morgan fingerprint density at radius 3 is 1.68 bits per heavy atom. The van der Waals surface area contributed by atoms with E-state index in [1.807, 2.05) is 55.8 Å². The number of nitrogens with one attached hydrogen (secondary N) is 4. The quantitative estimate of drug-likeness (QED) is 0.1000. The Kier molecular flexibility index (Phi) is 11.7. The minimum atomic E-state index is -0.770. The van der Waals surface area contributed by atoms with Crippen LogP contribution in [-0.4, -0.2) is 93.1 Å². The number of hydrogen-bond donors (Lipinski definition) is 4. The van der Waals surface area contributed by atoms with E-state index in [2.05, 4.69) is 63.1 Å². The molecule has 5 aromatic rings. The number of aromatic amines is 2. The number of ether oxygens (including phenoxy) is 2. The third-order valence-corrected chi connectivity index (χ3v) is 17.2. The van der Waals surface area contributed by atoms with Gasteiger partial charge in [-0.3, -0.25) is 14.4 Å². The van der Waals surface area contributed by atoms with E-state index in [4.69, 9.17) is 19.4 Å². The second-order valence-electron chi connectivity index (χ2n) is 22.7. The standard InChI is InChI=1S/C56H66N8O7/c1-31(2)45(60-52(68)70-5)50(66)63-29-55(19-20-55)26-43(63)47-57-28-42(59-47)34-11-9-33(10-12-34)36-14-15-37(40-25-54(24-39(36)40)17-7-8-18-54)35-13-16-41-38(23-35)49(65)62-48(58-41)44-27-56(21-22-56)30-64(44)51(67)46(32(3)4)61-53(69)71-6/h9-16,23,28,31-32,43-46H,7-8,17-22,24-27,29-30H2,1-6H3,(H,57,59)(H,60,68)(H,61,69)(H,58,62,65)/t43-,44+,45-,46+/m0/s1. The summed E-state index contributed by atoms with van der Waals surface area (Å²) in [6.45, 7) is 8.87. The molecule has 15 heteroatoms. The first-order valence-electron chi connectivity index (χ1n) is 25.8. The van der Waals surface area contributed by atoms with Gasteiger partial charge in [0, 0.05) is 13.1 Å². The summed E-state index contributed by atoms with van der Waals surface area (Å²) in [5, 5.41) is 6.02. The number of amides is 4. The van der Waals surface area contributed by atoms with Gasteiger partial charge in [0.1, 0.15) is 23.7 Å². The van der Waals surface area contributed by atoms with Gasteiger partial charge >= 0.3 is 12.2 Å². The smallest absolute Gasteiger partial charge is 0.407 e. The minimum Gasteiger partial charge on any atom is -0.453 e. The second-order valence-corrected chi connectivity index (χ2v) is 22.7. The van der Waals surface area contributed by atoms with Crippen molar-refractivity contribution in [1.29, 1.82) is 0 Å². The molecular formula is C56H66N8O7. The van der Waals surface area contributed by atoms with Crippen LogP contribution < -0.4 is 16.2 Å². The number of carbonyl (C=O) groups excluding carboxylic acids is 4. The molecule has 71 heavy (non-hydrogen) atoms. The molecule has 4 atom stereocenters. The van der Waals surface area contributed by atoms with Crippen molar-refractivity contribution in [2.45, 2.75) is 129 Å². The highest BCUT2D eigenvalue weighted by atomic mass is 16.5. The molecule has 4 amide bonds. The highest BCUT2D eigenvalue weighted by molar-refractivity contribution is 5.89. The molecule has 4 heterocycles. The van der Waals surface area contributed by atoms with E-state index < -0.39 is 30.3 Å². The van der Waals surface area contributed by atoms with Gasteiger partial charge in [-0.1, -0.05) is 83.0 Å². The molecule has 5 fully saturated rings. The van der Waals surface area contributed by atoms with Gasteiger partial charge < -0.3 is 39.9 Å². The van der Waals surface area contributed by atoms with Gasteiger partial charge in [-0.2, -0.15) is 0 Å². The summed E-state index contributed by atoms with van der Waals surface area (Å²) in [6, 6.07) is 17.1. The zero-order valence-corrected chi connectivity index (χ0v) is 41.8. The number of rotatable bonds is 11. The van der Waals surface area contributed by atoms with Crippen molar-refractivity contribution in [3.8, 4) is 33.5 Å². The summed E-state index contributed by atoms with van der Waals surface area (Å²) < 4.78 is 9.71. The Labute approximate surface area is 414 Å². The van der Waals surface area contributed by atoms with Gasteiger partial charge in [0.15, 0.2) is 0 Å². The van der Waals surface area contributed by atoms with E-state index in [0.717, 1.165) is 78.7 Å². The van der Waals surface area contributed by atoms with Crippen molar-refractivity contribution >= 4 is 34.9 Å². The lowest BCUT2D eigenvalue weighted by Gasteiger charge is -2.30. The lowest BCUT2D eigenvalue weighted by molar-refractivity contribution is -0.136. The Morgan fingerprint density at radius 2 is 1.15 bits per heavy atom. The van der Waals surface area contributed by atoms with Crippen LogP contribution in [0.5, 0.6) is 0 Å². The van der Waals surface area contributed by atoms with E-state index in [1.165, 1.54) is 56.6 Å². The van der Waals surface area contributed by atoms with Gasteiger partial charge in [-0.25, -0.2) is 19.6 Å². The molecule has 0 bridgehead atoms. The second kappa shape index (κ2) is 17.7. The van der Waals surface area contributed by atoms with Gasteiger partial charge in [0.25, 0.3) is 5.56 Å². The van der Waals surface area contributed by atoms with Crippen molar-refractivity contribution in [2.75, 3.05) is 27.3 Å². The molecule has 11 rings (SSSR count). The number of hydrogen-bond acceptors (Lipinski definition) is 9. The SMILES string of the molecule is COC(=O)N[C@H](C(=O)N1CC2(CC2)C[C@H]1c1ncc(-c2ccc(-c3ccc(-c4ccc5nc([C@H]6CC7(CC7)CN6C(=O)[C@H](NC(=O)OC)C(C)C)[nH]c(=O)c5c4)c4c3CC3(CCCC3)C4)cc2)[nH]1)C(C)C. The molecule has 2 aliphatic heterocycles. The molecule has 0 unspecified atom stereocenters. The predicted octanol–water partition coefficient (Wildman–Crippen LogP) is 9.17. The summed E-state index contributed by atoms with van der Waals surface area (Å²) in [4.78, 5) is 87.1. The number of alkyl carbamates (subject to hydrolysis) is 2. The molecule has 372 valence electrons. The van der Waals surface area contributed by atoms with Crippen LogP contribution in [-0.2, 0) is 31.9 Å². The molecule has 3 saturated carbocycles. The lowest BCUT2D eigenvalue weighted by atomic mass is 9.82. The van der Waals surface area contributed by atoms with Crippen LogP contribution in [0.1, 0.15) is 127 Å². The predicted molar refractivity (Wildman–Crippen MR) is 269 cm³/mol. The maximum atomic E-state index is 14.1. The van der Waals surface area contributed by atoms with Crippen LogP contribution in [0.3, 0.4) is 0 Å². The topological polar surface area (TPSA) is 192 Å². The van der Waals surface area contributed by atoms with Crippen LogP contribution in [0.2, 0.25) is 0 Å². The number of benzene rings is 3. The minimum absolute atomic E-state index is 0.00658. The van der Waals surface area contributed by atoms with Crippen molar-refractivity contribution in [3.05, 3.63) is 93.9 Å². The van der Waals surface area contributed by atoms with Gasteiger partial charge in [-0.15, -0.1) is 0 Å². The molecular weight excluding hydrogens is 897 g/mol. The summed E-state index contributed by atoms with van der Waals surface area (Å²) >= 11 is 0. The van der Waals surface area contributed by atoms with Crippen molar-refractivity contribution < 1.29 is 28.7 Å². The van der Waals surface area contributed by atoms with Crippen LogP contribution in [0.25, 0.3) is 44.4 Å². The summed E-state index contributed by atoms with van der Waals surface area (Å²) in [7, 11) is 2.60. The molecule has 3 spiro atoms. The monoisotopic (exact) mass is 963 g/mol. The van der Waals surface area contributed by atoms with Crippen LogP contribution in [0.4, 0.5) is 9.59 Å². The molecule has 6 aliphatic rings. The van der Waals surface area contributed by atoms with E-state index in [1.54, 1.807) is 0 Å². The maximum Gasteiger partial charge on any atom is 0.407 e. The fraction of sp³-hybridized carbons (Fsp3) is 0.518. The van der Waals surface area contributed by atoms with Gasteiger partial charge in [0.2, 0.25) is 11.8 Å². The summed E-state index contributed by atoms with van der Waals surface area (Å²) in [5.74, 6) is 0.645. The Hall–Kier alpha value is -6.51. The number of carbonyl (C=O) groups is 4. The van der Waals surface area contributed by atoms with Crippen LogP contribution in [0, 0.1) is 28.1 Å². The first kappa shape index (κ1) is 46.8. The van der Waals surface area contributed by atoms with Crippen molar-refractivity contribution in [3.63, 3.8) is 0 Å². The summed E-state index contributed by atoms with van der Waals surface area (Å²) in [6.07, 6.45) is 13.2. The Bertz CT molecular complexity index is 3000. The molecule has 4 N–H and O–H groups in total. The van der Waals surface area contributed by atoms with Gasteiger partial charge in [-0.05, 0) is 143 Å². The molecule has 15 nitrogen and oxygen atoms in total. The fourth-order valence-corrected chi connectivity index (χ4v) is 12.8. The number of methoxy groups -OCH3 is 2. The molecule has 4 aliphatic carbocycles. The number of likely N-dealkylation sites (tertiary alicyclic amines) is 2. The largest absolute Gasteiger partial charge is 0.453 e. The van der Waals surface area contributed by atoms with E-state index >= 15 is 0 Å². The maximum absolute atomic E-state index is 14.1. The van der Waals surface area contributed by atoms with E-state index in [0.29, 0.717) is 36.2 Å². The third kappa shape index (κ3) is 8.56. The normalized spacial score (nSPS) is 21.9. The molecule has 2 saturated heterocycles. The number of H-pyrrole nitrogens is 2. The number of fused-ring (bicyclic) bond motifs is 2. The average molecular weight is 963 g/mol. The van der Waals surface area contributed by atoms with E-state index in [9.17, 15) is 24.0 Å². The molecule has 2 aromatic heterocycles. The number of nitrogens with zero attached hydrogens (tertiary/aromatic N) is 4. The highest BCUT2D eigenvalue weighted by Gasteiger charge is 2.56. The zero-order valence-electron chi connectivity index (χ0n) is 41.8. The Morgan fingerprint density at radius 1 is 0.648 bits per heavy atom. The lowest BCUT2D eigenvalue weighted by Crippen LogP contribution is -2.51. The highest BCUT2D eigenvalue weighted by Crippen LogP contribution is 2.60. The summed E-state index contributed by atoms with van der Waals surface area (Å²) in [5.41, 5.74) is 9.83. The molecule has 3 aromatic carbocycles. The van der Waals surface area contributed by atoms with Crippen molar-refractivity contribution in [2.24, 2.45) is 28.1 Å². The van der Waals surface area contributed by atoms with Crippen LogP contribution >= 0.6 is 0 Å². The number of aromatic nitrogens is 4. The average Bonchev–Trinajstić information content (AvgIpc) is 3.83.